The summed E-state index contributed by atoms with van der Waals surface area (Å²) in [6, 6.07) is 11.7. The van der Waals surface area contributed by atoms with Gasteiger partial charge >= 0.3 is 18.3 Å². The molecule has 0 atom stereocenters. The van der Waals surface area contributed by atoms with Crippen molar-refractivity contribution in [1.29, 1.82) is 0 Å². The molecule has 1 fully saturated rings. The van der Waals surface area contributed by atoms with Crippen LogP contribution in [-0.2, 0) is 12.4 Å². The first-order chi connectivity index (χ1) is 20.4. The van der Waals surface area contributed by atoms with Gasteiger partial charge in [0.1, 0.15) is 12.2 Å². The number of alkyl halides is 7. The fourth-order valence-electron chi connectivity index (χ4n) is 5.21. The maximum absolute atomic E-state index is 13.8. The van der Waals surface area contributed by atoms with Crippen molar-refractivity contribution < 1.29 is 40.6 Å². The molecule has 4 aromatic rings. The topological polar surface area (TPSA) is 84.1 Å². The smallest absolute Gasteiger partial charge is 0.434 e. The molecule has 0 spiro atoms. The van der Waals surface area contributed by atoms with E-state index >= 15 is 0 Å². The standard InChI is InChI=1S/C29H24F7N5O2/c30-10-13-40-11-8-18(9-12-40)17-4-6-19(7-5-17)25-21(14-20(15-37-25)28(31,32)33)23-2-1-3-24(39-23)41-26(29(34,35)36)22(16-38-41)27(42)43/h1-7,14-16,18H,8-13H2,(H,42,43). The third-order valence-electron chi connectivity index (χ3n) is 7.35. The van der Waals surface area contributed by atoms with Crippen LogP contribution in [0.3, 0.4) is 0 Å². The van der Waals surface area contributed by atoms with Gasteiger partial charge in [0.05, 0.1) is 23.1 Å². The molecule has 0 amide bonds. The number of rotatable bonds is 7. The van der Waals surface area contributed by atoms with Crippen molar-refractivity contribution >= 4 is 5.97 Å². The molecule has 0 radical (unpaired) electrons. The SMILES string of the molecule is O=C(O)c1cnn(-c2cccc(-c3cc(C(F)(F)F)cnc3-c3ccc(C4CCN(CCF)CC4)cc3)n2)c1C(F)(F)F. The minimum Gasteiger partial charge on any atom is -0.478 e. The second kappa shape index (κ2) is 11.7. The monoisotopic (exact) mass is 607 g/mol. The summed E-state index contributed by atoms with van der Waals surface area (Å²) in [6.45, 7) is 1.49. The highest BCUT2D eigenvalue weighted by atomic mass is 19.4. The van der Waals surface area contributed by atoms with E-state index in [4.69, 9.17) is 0 Å². The molecule has 226 valence electrons. The Labute approximate surface area is 240 Å². The molecule has 1 aliphatic heterocycles. The highest BCUT2D eigenvalue weighted by molar-refractivity contribution is 5.89. The highest BCUT2D eigenvalue weighted by Crippen LogP contribution is 2.38. The molecule has 14 heteroatoms. The third kappa shape index (κ3) is 6.38. The lowest BCUT2D eigenvalue weighted by atomic mass is 9.88. The number of carboxylic acid groups (broad SMARTS) is 1. The lowest BCUT2D eigenvalue weighted by Crippen LogP contribution is -2.34. The van der Waals surface area contributed by atoms with Crippen LogP contribution in [0.2, 0.25) is 0 Å². The van der Waals surface area contributed by atoms with Crippen LogP contribution in [0.15, 0.2) is 60.9 Å². The molecule has 3 aromatic heterocycles. The molecule has 4 heterocycles. The fourth-order valence-corrected chi connectivity index (χ4v) is 5.21. The van der Waals surface area contributed by atoms with Crippen LogP contribution in [0.1, 0.15) is 45.9 Å². The van der Waals surface area contributed by atoms with E-state index in [0.29, 0.717) is 29.2 Å². The molecule has 1 aromatic carbocycles. The van der Waals surface area contributed by atoms with E-state index in [9.17, 15) is 40.6 Å². The molecule has 0 bridgehead atoms. The van der Waals surface area contributed by atoms with Crippen LogP contribution in [0.5, 0.6) is 0 Å². The number of carboxylic acids is 1. The quantitative estimate of drug-likeness (QED) is 0.231. The first-order valence-electron chi connectivity index (χ1n) is 13.2. The average molecular weight is 608 g/mol. The van der Waals surface area contributed by atoms with Crippen molar-refractivity contribution in [3.8, 4) is 28.3 Å². The number of halogens is 7. The summed E-state index contributed by atoms with van der Waals surface area (Å²) in [4.78, 5) is 21.7. The maximum atomic E-state index is 13.8. The molecule has 43 heavy (non-hydrogen) atoms. The van der Waals surface area contributed by atoms with Crippen molar-refractivity contribution in [3.05, 3.63) is 83.3 Å². The Balaban J connectivity index is 1.55. The van der Waals surface area contributed by atoms with Gasteiger partial charge in [-0.1, -0.05) is 30.3 Å². The zero-order chi connectivity index (χ0) is 30.9. The van der Waals surface area contributed by atoms with Gasteiger partial charge in [-0.3, -0.25) is 4.98 Å². The van der Waals surface area contributed by atoms with E-state index in [0.717, 1.165) is 43.6 Å². The lowest BCUT2D eigenvalue weighted by molar-refractivity contribution is -0.143. The Hall–Kier alpha value is -4.33. The largest absolute Gasteiger partial charge is 0.478 e. The van der Waals surface area contributed by atoms with Crippen LogP contribution < -0.4 is 0 Å². The summed E-state index contributed by atoms with van der Waals surface area (Å²) in [7, 11) is 0. The van der Waals surface area contributed by atoms with E-state index in [-0.39, 0.29) is 22.9 Å². The van der Waals surface area contributed by atoms with Crippen LogP contribution in [0.4, 0.5) is 30.7 Å². The molecule has 5 rings (SSSR count). The van der Waals surface area contributed by atoms with Gasteiger partial charge in [-0.05, 0) is 55.6 Å². The summed E-state index contributed by atoms with van der Waals surface area (Å²) in [5.41, 5.74) is -2.41. The van der Waals surface area contributed by atoms with Gasteiger partial charge in [0.15, 0.2) is 11.5 Å². The number of hydrogen-bond acceptors (Lipinski definition) is 5. The van der Waals surface area contributed by atoms with Crippen molar-refractivity contribution in [1.82, 2.24) is 24.6 Å². The molecule has 1 saturated heterocycles. The molecule has 1 aliphatic rings. The van der Waals surface area contributed by atoms with Gasteiger partial charge < -0.3 is 10.0 Å². The number of likely N-dealkylation sites (tertiary alicyclic amines) is 1. The second-order valence-electron chi connectivity index (χ2n) is 10.0. The van der Waals surface area contributed by atoms with Gasteiger partial charge in [0.25, 0.3) is 0 Å². The van der Waals surface area contributed by atoms with Crippen molar-refractivity contribution in [2.45, 2.75) is 31.1 Å². The molecular formula is C29H24F7N5O2. The normalized spacial score (nSPS) is 15.1. The highest BCUT2D eigenvalue weighted by Gasteiger charge is 2.41. The van der Waals surface area contributed by atoms with Crippen molar-refractivity contribution in [3.63, 3.8) is 0 Å². The van der Waals surface area contributed by atoms with E-state index in [1.165, 1.54) is 12.1 Å². The van der Waals surface area contributed by atoms with Crippen molar-refractivity contribution in [2.75, 3.05) is 26.3 Å². The molecule has 0 unspecified atom stereocenters. The van der Waals surface area contributed by atoms with Gasteiger partial charge in [0.2, 0.25) is 0 Å². The van der Waals surface area contributed by atoms with Crippen LogP contribution in [0, 0.1) is 0 Å². The Bertz CT molecular complexity index is 1610. The third-order valence-corrected chi connectivity index (χ3v) is 7.35. The Morgan fingerprint density at radius 3 is 2.26 bits per heavy atom. The fraction of sp³-hybridized carbons (Fsp3) is 0.310. The summed E-state index contributed by atoms with van der Waals surface area (Å²) in [5, 5.41) is 12.8. The summed E-state index contributed by atoms with van der Waals surface area (Å²) in [5.74, 6) is -2.07. The predicted molar refractivity (Wildman–Crippen MR) is 141 cm³/mol. The zero-order valence-corrected chi connectivity index (χ0v) is 22.3. The van der Waals surface area contributed by atoms with Crippen LogP contribution in [-0.4, -0.2) is 62.0 Å². The van der Waals surface area contributed by atoms with E-state index in [2.05, 4.69) is 15.1 Å². The number of hydrogen-bond donors (Lipinski definition) is 1. The summed E-state index contributed by atoms with van der Waals surface area (Å²) in [6.07, 6.45) is -7.01. The minimum absolute atomic E-state index is 0.0943. The number of carbonyl (C=O) groups is 1. The number of piperidine rings is 1. The molecule has 0 saturated carbocycles. The van der Waals surface area contributed by atoms with Crippen LogP contribution >= 0.6 is 0 Å². The lowest BCUT2D eigenvalue weighted by Gasteiger charge is -2.31. The van der Waals surface area contributed by atoms with E-state index < -0.39 is 47.6 Å². The van der Waals surface area contributed by atoms with Gasteiger partial charge in [-0.2, -0.15) is 31.4 Å². The number of nitrogens with zero attached hydrogens (tertiary/aromatic N) is 5. The minimum atomic E-state index is -5.11. The van der Waals surface area contributed by atoms with Gasteiger partial charge in [-0.25, -0.2) is 18.9 Å². The first kappa shape index (κ1) is 30.1. The van der Waals surface area contributed by atoms with Crippen LogP contribution in [0.25, 0.3) is 28.3 Å². The van der Waals surface area contributed by atoms with Gasteiger partial charge in [-0.15, -0.1) is 0 Å². The molecule has 1 N–H and O–H groups in total. The van der Waals surface area contributed by atoms with E-state index in [1.54, 1.807) is 12.1 Å². The zero-order valence-electron chi connectivity index (χ0n) is 22.3. The molecule has 7 nitrogen and oxygen atoms in total. The predicted octanol–water partition coefficient (Wildman–Crippen LogP) is 6.88. The molecule has 0 aliphatic carbocycles. The number of aromatic nitrogens is 4. The average Bonchev–Trinajstić information content (AvgIpc) is 3.44. The van der Waals surface area contributed by atoms with Gasteiger partial charge in [0, 0.05) is 23.9 Å². The summed E-state index contributed by atoms with van der Waals surface area (Å²) < 4.78 is 95.4. The first-order valence-corrected chi connectivity index (χ1v) is 13.2. The number of aromatic carboxylic acids is 1. The number of pyridine rings is 2. The Morgan fingerprint density at radius 2 is 1.65 bits per heavy atom. The maximum Gasteiger partial charge on any atom is 0.434 e. The number of benzene rings is 1. The molecular weight excluding hydrogens is 583 g/mol. The Kier molecular flexibility index (Phi) is 8.23. The second-order valence-corrected chi connectivity index (χ2v) is 10.0. The van der Waals surface area contributed by atoms with E-state index in [1.807, 2.05) is 17.0 Å². The van der Waals surface area contributed by atoms with Crippen molar-refractivity contribution in [2.24, 2.45) is 0 Å². The Morgan fingerprint density at radius 1 is 0.953 bits per heavy atom. The summed E-state index contributed by atoms with van der Waals surface area (Å²) >= 11 is 0.